The van der Waals surface area contributed by atoms with E-state index in [1.165, 1.54) is 0 Å². The average molecular weight is 248 g/mol. The summed E-state index contributed by atoms with van der Waals surface area (Å²) < 4.78 is 10.5. The van der Waals surface area contributed by atoms with Gasteiger partial charge < -0.3 is 9.47 Å². The SMILES string of the molecule is CCC(C)c1ccccc1C(=O)OCC1(C)CO1. The van der Waals surface area contributed by atoms with Crippen LogP contribution in [-0.4, -0.2) is 24.8 Å². The van der Waals surface area contributed by atoms with E-state index < -0.39 is 0 Å². The topological polar surface area (TPSA) is 38.8 Å². The molecule has 0 N–H and O–H groups in total. The second kappa shape index (κ2) is 5.11. The normalized spacial score (nSPS) is 23.5. The summed E-state index contributed by atoms with van der Waals surface area (Å²) in [5, 5.41) is 0. The van der Waals surface area contributed by atoms with Crippen molar-refractivity contribution < 1.29 is 14.3 Å². The summed E-state index contributed by atoms with van der Waals surface area (Å²) in [5.74, 6) is 0.115. The van der Waals surface area contributed by atoms with Gasteiger partial charge in [-0.1, -0.05) is 32.0 Å². The van der Waals surface area contributed by atoms with Gasteiger partial charge in [-0.15, -0.1) is 0 Å². The predicted molar refractivity (Wildman–Crippen MR) is 69.8 cm³/mol. The number of carbonyl (C=O) groups excluding carboxylic acids is 1. The molecule has 1 aromatic rings. The number of rotatable bonds is 5. The Hall–Kier alpha value is -1.35. The molecule has 1 fully saturated rings. The molecule has 2 rings (SSSR count). The highest BCUT2D eigenvalue weighted by Crippen LogP contribution is 2.27. The first-order valence-corrected chi connectivity index (χ1v) is 6.46. The van der Waals surface area contributed by atoms with Crippen LogP contribution in [0.4, 0.5) is 0 Å². The van der Waals surface area contributed by atoms with Gasteiger partial charge in [-0.3, -0.25) is 0 Å². The zero-order valence-corrected chi connectivity index (χ0v) is 11.2. The molecule has 2 unspecified atom stereocenters. The van der Waals surface area contributed by atoms with Crippen molar-refractivity contribution in [2.45, 2.75) is 38.7 Å². The van der Waals surface area contributed by atoms with E-state index in [-0.39, 0.29) is 11.6 Å². The standard InChI is InChI=1S/C15H20O3/c1-4-11(2)12-7-5-6-8-13(12)14(16)17-9-15(3)10-18-15/h5-8,11H,4,9-10H2,1-3H3. The summed E-state index contributed by atoms with van der Waals surface area (Å²) >= 11 is 0. The predicted octanol–water partition coefficient (Wildman–Crippen LogP) is 3.15. The molecular weight excluding hydrogens is 228 g/mol. The Morgan fingerprint density at radius 3 is 2.78 bits per heavy atom. The Morgan fingerprint density at radius 1 is 1.50 bits per heavy atom. The molecule has 3 heteroatoms. The lowest BCUT2D eigenvalue weighted by atomic mass is 9.94. The monoisotopic (exact) mass is 248 g/mol. The van der Waals surface area contributed by atoms with Crippen molar-refractivity contribution in [1.29, 1.82) is 0 Å². The molecule has 0 radical (unpaired) electrons. The number of benzene rings is 1. The molecule has 0 amide bonds. The molecule has 0 aromatic heterocycles. The van der Waals surface area contributed by atoms with Crippen LogP contribution in [-0.2, 0) is 9.47 Å². The fraction of sp³-hybridized carbons (Fsp3) is 0.533. The quantitative estimate of drug-likeness (QED) is 0.593. The van der Waals surface area contributed by atoms with Gasteiger partial charge in [0.25, 0.3) is 0 Å². The van der Waals surface area contributed by atoms with Gasteiger partial charge in [0.05, 0.1) is 12.2 Å². The number of esters is 1. The van der Waals surface area contributed by atoms with Gasteiger partial charge in [0, 0.05) is 0 Å². The van der Waals surface area contributed by atoms with Crippen LogP contribution >= 0.6 is 0 Å². The first-order valence-electron chi connectivity index (χ1n) is 6.46. The summed E-state index contributed by atoms with van der Waals surface area (Å²) in [6.45, 7) is 7.19. The number of ether oxygens (including phenoxy) is 2. The van der Waals surface area contributed by atoms with Gasteiger partial charge in [-0.25, -0.2) is 4.79 Å². The van der Waals surface area contributed by atoms with E-state index in [2.05, 4.69) is 13.8 Å². The fourth-order valence-electron chi connectivity index (χ4n) is 1.84. The highest BCUT2D eigenvalue weighted by atomic mass is 16.6. The van der Waals surface area contributed by atoms with Crippen LogP contribution in [0.2, 0.25) is 0 Å². The van der Waals surface area contributed by atoms with E-state index in [0.29, 0.717) is 24.7 Å². The Kier molecular flexibility index (Phi) is 3.71. The lowest BCUT2D eigenvalue weighted by molar-refractivity contribution is 0.0409. The minimum absolute atomic E-state index is 0.248. The smallest absolute Gasteiger partial charge is 0.338 e. The number of epoxide rings is 1. The maximum Gasteiger partial charge on any atom is 0.338 e. The molecule has 18 heavy (non-hydrogen) atoms. The minimum Gasteiger partial charge on any atom is -0.459 e. The molecule has 0 bridgehead atoms. The van der Waals surface area contributed by atoms with Crippen LogP contribution in [0.25, 0.3) is 0 Å². The maximum absolute atomic E-state index is 12.1. The van der Waals surface area contributed by atoms with E-state index in [4.69, 9.17) is 9.47 Å². The van der Waals surface area contributed by atoms with E-state index in [1.807, 2.05) is 31.2 Å². The van der Waals surface area contributed by atoms with Crippen molar-refractivity contribution in [2.75, 3.05) is 13.2 Å². The maximum atomic E-state index is 12.1. The first-order chi connectivity index (χ1) is 8.56. The van der Waals surface area contributed by atoms with Crippen molar-refractivity contribution in [3.8, 4) is 0 Å². The summed E-state index contributed by atoms with van der Waals surface area (Å²) in [4.78, 5) is 12.1. The van der Waals surface area contributed by atoms with Crippen LogP contribution < -0.4 is 0 Å². The Morgan fingerprint density at radius 2 is 2.17 bits per heavy atom. The van der Waals surface area contributed by atoms with Crippen molar-refractivity contribution in [3.05, 3.63) is 35.4 Å². The molecule has 1 saturated heterocycles. The molecule has 1 aliphatic rings. The highest BCUT2D eigenvalue weighted by molar-refractivity contribution is 5.91. The molecular formula is C15H20O3. The number of hydrogen-bond donors (Lipinski definition) is 0. The zero-order valence-electron chi connectivity index (χ0n) is 11.2. The van der Waals surface area contributed by atoms with Gasteiger partial charge in [0.1, 0.15) is 12.2 Å². The van der Waals surface area contributed by atoms with Crippen LogP contribution in [0.5, 0.6) is 0 Å². The molecule has 1 aromatic carbocycles. The van der Waals surface area contributed by atoms with E-state index in [1.54, 1.807) is 0 Å². The largest absolute Gasteiger partial charge is 0.459 e. The van der Waals surface area contributed by atoms with Gasteiger partial charge >= 0.3 is 5.97 Å². The summed E-state index contributed by atoms with van der Waals surface area (Å²) in [7, 11) is 0. The van der Waals surface area contributed by atoms with Gasteiger partial charge in [-0.05, 0) is 30.9 Å². The van der Waals surface area contributed by atoms with Crippen molar-refractivity contribution in [2.24, 2.45) is 0 Å². The molecule has 0 saturated carbocycles. The average Bonchev–Trinajstić information content (AvgIpc) is 3.13. The number of carbonyl (C=O) groups is 1. The molecule has 2 atom stereocenters. The lowest BCUT2D eigenvalue weighted by Gasteiger charge is -2.14. The minimum atomic E-state index is -0.249. The van der Waals surface area contributed by atoms with E-state index in [0.717, 1.165) is 12.0 Å². The molecule has 3 nitrogen and oxygen atoms in total. The van der Waals surface area contributed by atoms with E-state index in [9.17, 15) is 4.79 Å². The second-order valence-corrected chi connectivity index (χ2v) is 5.21. The Balaban J connectivity index is 2.08. The van der Waals surface area contributed by atoms with Crippen molar-refractivity contribution in [3.63, 3.8) is 0 Å². The fourth-order valence-corrected chi connectivity index (χ4v) is 1.84. The molecule has 0 spiro atoms. The van der Waals surface area contributed by atoms with Crippen molar-refractivity contribution in [1.82, 2.24) is 0 Å². The third-order valence-corrected chi connectivity index (χ3v) is 3.47. The van der Waals surface area contributed by atoms with Crippen LogP contribution in [0.15, 0.2) is 24.3 Å². The number of hydrogen-bond acceptors (Lipinski definition) is 3. The molecule has 1 aliphatic heterocycles. The summed E-state index contributed by atoms with van der Waals surface area (Å²) in [6.07, 6.45) is 1.01. The second-order valence-electron chi connectivity index (χ2n) is 5.21. The summed E-state index contributed by atoms with van der Waals surface area (Å²) in [6, 6.07) is 7.67. The third-order valence-electron chi connectivity index (χ3n) is 3.47. The first kappa shape index (κ1) is 13.1. The van der Waals surface area contributed by atoms with Crippen LogP contribution in [0.3, 0.4) is 0 Å². The molecule has 98 valence electrons. The van der Waals surface area contributed by atoms with Gasteiger partial charge in [-0.2, -0.15) is 0 Å². The zero-order chi connectivity index (χ0) is 13.2. The molecule has 0 aliphatic carbocycles. The lowest BCUT2D eigenvalue weighted by Crippen LogP contribution is -2.19. The van der Waals surface area contributed by atoms with Crippen LogP contribution in [0, 0.1) is 0 Å². The molecule has 1 heterocycles. The Bertz CT molecular complexity index is 435. The highest BCUT2D eigenvalue weighted by Gasteiger charge is 2.40. The third kappa shape index (κ3) is 2.91. The van der Waals surface area contributed by atoms with Crippen molar-refractivity contribution >= 4 is 5.97 Å². The summed E-state index contributed by atoms with van der Waals surface area (Å²) in [5.41, 5.74) is 1.49. The van der Waals surface area contributed by atoms with Gasteiger partial charge in [0.15, 0.2) is 0 Å². The van der Waals surface area contributed by atoms with Crippen LogP contribution in [0.1, 0.15) is 49.0 Å². The van der Waals surface area contributed by atoms with Gasteiger partial charge in [0.2, 0.25) is 0 Å². The Labute approximate surface area is 108 Å². The van der Waals surface area contributed by atoms with E-state index >= 15 is 0 Å².